The van der Waals surface area contributed by atoms with Crippen molar-refractivity contribution in [2.24, 2.45) is 0 Å². The number of esters is 1. The van der Waals surface area contributed by atoms with Crippen LogP contribution < -0.4 is 9.47 Å². The van der Waals surface area contributed by atoms with E-state index in [-0.39, 0.29) is 18.1 Å². The third-order valence-corrected chi connectivity index (χ3v) is 6.04. The summed E-state index contributed by atoms with van der Waals surface area (Å²) in [6, 6.07) is 29.1. The Morgan fingerprint density at radius 3 is 1.59 bits per heavy atom. The molecule has 0 saturated heterocycles. The third-order valence-electron chi connectivity index (χ3n) is 5.05. The van der Waals surface area contributed by atoms with Gasteiger partial charge >= 0.3 is 11.9 Å². The van der Waals surface area contributed by atoms with Crippen molar-refractivity contribution in [1.82, 2.24) is 0 Å². The van der Waals surface area contributed by atoms with Gasteiger partial charge in [0, 0.05) is 20.1 Å². The molecule has 0 fully saturated rings. The van der Waals surface area contributed by atoms with Crippen molar-refractivity contribution < 1.29 is 28.9 Å². The van der Waals surface area contributed by atoms with Crippen LogP contribution in [0.4, 0.5) is 0 Å². The highest BCUT2D eigenvalue weighted by atomic mass is 79.9. The topological polar surface area (TPSA) is 82.1 Å². The number of ether oxygens (including phenoxy) is 3. The van der Waals surface area contributed by atoms with Gasteiger partial charge in [0.25, 0.3) is 0 Å². The zero-order valence-electron chi connectivity index (χ0n) is 19.9. The normalized spacial score (nSPS) is 10.0. The average molecular weight is 628 g/mol. The Balaban J connectivity index is 0.000000206. The summed E-state index contributed by atoms with van der Waals surface area (Å²) in [5, 5.41) is 9.04. The van der Waals surface area contributed by atoms with Crippen LogP contribution in [-0.4, -0.2) is 24.2 Å². The lowest BCUT2D eigenvalue weighted by molar-refractivity contribution is 0.0596. The fourth-order valence-corrected chi connectivity index (χ4v) is 4.00. The van der Waals surface area contributed by atoms with Gasteiger partial charge in [0.05, 0.1) is 18.2 Å². The van der Waals surface area contributed by atoms with E-state index in [0.717, 1.165) is 20.3 Å². The van der Waals surface area contributed by atoms with Gasteiger partial charge in [-0.1, -0.05) is 80.4 Å². The Morgan fingerprint density at radius 2 is 1.14 bits per heavy atom. The number of carboxylic acids is 1. The minimum absolute atomic E-state index is 0.235. The van der Waals surface area contributed by atoms with Gasteiger partial charge in [-0.3, -0.25) is 0 Å². The lowest BCUT2D eigenvalue weighted by Gasteiger charge is -2.10. The number of hydrogen-bond acceptors (Lipinski definition) is 5. The summed E-state index contributed by atoms with van der Waals surface area (Å²) < 4.78 is 17.9. The molecule has 0 atom stereocenters. The summed E-state index contributed by atoms with van der Waals surface area (Å²) in [5.41, 5.74) is 2.26. The second kappa shape index (κ2) is 14.2. The molecule has 0 aliphatic rings. The highest BCUT2D eigenvalue weighted by molar-refractivity contribution is 9.10. The van der Waals surface area contributed by atoms with E-state index in [0.29, 0.717) is 23.5 Å². The molecule has 0 amide bonds. The number of rotatable bonds is 8. The number of aromatic carboxylic acids is 1. The van der Waals surface area contributed by atoms with Crippen LogP contribution in [0.5, 0.6) is 11.5 Å². The van der Waals surface area contributed by atoms with Crippen LogP contribution in [0.2, 0.25) is 0 Å². The maximum Gasteiger partial charge on any atom is 0.338 e. The van der Waals surface area contributed by atoms with Crippen molar-refractivity contribution in [2.75, 3.05) is 7.11 Å². The first-order valence-electron chi connectivity index (χ1n) is 11.1. The van der Waals surface area contributed by atoms with Crippen LogP contribution in [0.1, 0.15) is 31.8 Å². The predicted octanol–water partition coefficient (Wildman–Crippen LogP) is 7.54. The lowest BCUT2D eigenvalue weighted by Crippen LogP contribution is -2.07. The quantitative estimate of drug-likeness (QED) is 0.203. The van der Waals surface area contributed by atoms with E-state index in [4.69, 9.17) is 19.3 Å². The smallest absolute Gasteiger partial charge is 0.338 e. The number of carbonyl (C=O) groups is 2. The second-order valence-electron chi connectivity index (χ2n) is 7.60. The fourth-order valence-electron chi connectivity index (χ4n) is 3.25. The molecule has 8 heteroatoms. The molecule has 0 spiro atoms. The van der Waals surface area contributed by atoms with E-state index in [9.17, 15) is 9.59 Å². The number of carbonyl (C=O) groups excluding carboxylic acids is 1. The van der Waals surface area contributed by atoms with Crippen LogP contribution in [0.25, 0.3) is 0 Å². The van der Waals surface area contributed by atoms with E-state index < -0.39 is 5.97 Å². The standard InChI is InChI=1S/C15H13BrO3.C14H11BrO3/c1-18-15(17)14-8-3-2-5-11(14)10-19-13-7-4-6-12(16)9-13;15-11-5-3-6-12(8-11)18-9-10-4-1-2-7-13(10)14(16)17/h2-9H,10H2,1H3;1-8H,9H2,(H,16,17). The first-order valence-corrected chi connectivity index (χ1v) is 12.7. The summed E-state index contributed by atoms with van der Waals surface area (Å²) in [6.07, 6.45) is 0. The average Bonchev–Trinajstić information content (AvgIpc) is 2.91. The molecule has 0 radical (unpaired) electrons. The van der Waals surface area contributed by atoms with E-state index in [1.807, 2.05) is 60.7 Å². The highest BCUT2D eigenvalue weighted by Gasteiger charge is 2.11. The van der Waals surface area contributed by atoms with E-state index >= 15 is 0 Å². The summed E-state index contributed by atoms with van der Waals surface area (Å²) >= 11 is 6.74. The van der Waals surface area contributed by atoms with Gasteiger partial charge in [0.15, 0.2) is 0 Å². The molecule has 4 aromatic carbocycles. The first-order chi connectivity index (χ1) is 17.9. The van der Waals surface area contributed by atoms with Crippen molar-refractivity contribution in [1.29, 1.82) is 0 Å². The summed E-state index contributed by atoms with van der Waals surface area (Å²) in [5.74, 6) is 0.149. The predicted molar refractivity (Wildman–Crippen MR) is 148 cm³/mol. The monoisotopic (exact) mass is 626 g/mol. The number of carboxylic acid groups (broad SMARTS) is 1. The van der Waals surface area contributed by atoms with E-state index in [1.54, 1.807) is 36.4 Å². The summed E-state index contributed by atoms with van der Waals surface area (Å²) in [4.78, 5) is 22.6. The molecule has 4 aromatic rings. The van der Waals surface area contributed by atoms with Gasteiger partial charge in [-0.2, -0.15) is 0 Å². The zero-order valence-corrected chi connectivity index (χ0v) is 23.1. The molecule has 190 valence electrons. The molecule has 0 heterocycles. The molecule has 0 unspecified atom stereocenters. The zero-order chi connectivity index (χ0) is 26.6. The summed E-state index contributed by atoms with van der Waals surface area (Å²) in [7, 11) is 1.37. The van der Waals surface area contributed by atoms with Gasteiger partial charge in [-0.25, -0.2) is 9.59 Å². The van der Waals surface area contributed by atoms with Gasteiger partial charge < -0.3 is 19.3 Å². The molecule has 6 nitrogen and oxygen atoms in total. The largest absolute Gasteiger partial charge is 0.489 e. The van der Waals surface area contributed by atoms with Gasteiger partial charge in [-0.05, 0) is 48.5 Å². The molecule has 1 N–H and O–H groups in total. The second-order valence-corrected chi connectivity index (χ2v) is 9.43. The minimum Gasteiger partial charge on any atom is -0.489 e. The molecule has 0 aromatic heterocycles. The Labute approximate surface area is 232 Å². The molecule has 0 aliphatic carbocycles. The van der Waals surface area contributed by atoms with Crippen molar-refractivity contribution in [3.63, 3.8) is 0 Å². The molecule has 4 rings (SSSR count). The Kier molecular flexibility index (Phi) is 10.7. The van der Waals surface area contributed by atoms with Gasteiger partial charge in [-0.15, -0.1) is 0 Å². The first kappa shape index (κ1) is 28.0. The molecular formula is C29H24Br2O6. The van der Waals surface area contributed by atoms with Crippen molar-refractivity contribution in [2.45, 2.75) is 13.2 Å². The SMILES string of the molecule is COC(=O)c1ccccc1COc1cccc(Br)c1.O=C(O)c1ccccc1COc1cccc(Br)c1. The van der Waals surface area contributed by atoms with Crippen LogP contribution in [-0.2, 0) is 18.0 Å². The third kappa shape index (κ3) is 8.77. The molecule has 0 bridgehead atoms. The van der Waals surface area contributed by atoms with E-state index in [1.165, 1.54) is 7.11 Å². The number of methoxy groups -OCH3 is 1. The number of halogens is 2. The van der Waals surface area contributed by atoms with Gasteiger partial charge in [0.2, 0.25) is 0 Å². The lowest BCUT2D eigenvalue weighted by atomic mass is 10.1. The van der Waals surface area contributed by atoms with Crippen molar-refractivity contribution in [3.8, 4) is 11.5 Å². The fraction of sp³-hybridized carbons (Fsp3) is 0.103. The number of hydrogen-bond donors (Lipinski definition) is 1. The van der Waals surface area contributed by atoms with Crippen LogP contribution >= 0.6 is 31.9 Å². The maximum atomic E-state index is 11.6. The Morgan fingerprint density at radius 1 is 0.676 bits per heavy atom. The maximum absolute atomic E-state index is 11.6. The molecule has 0 saturated carbocycles. The van der Waals surface area contributed by atoms with Crippen LogP contribution in [0.15, 0.2) is 106 Å². The van der Waals surface area contributed by atoms with Crippen LogP contribution in [0.3, 0.4) is 0 Å². The molecular weight excluding hydrogens is 604 g/mol. The Bertz CT molecular complexity index is 1360. The number of benzene rings is 4. The highest BCUT2D eigenvalue weighted by Crippen LogP contribution is 2.21. The Hall–Kier alpha value is -3.62. The summed E-state index contributed by atoms with van der Waals surface area (Å²) in [6.45, 7) is 0.556. The minimum atomic E-state index is -0.941. The van der Waals surface area contributed by atoms with E-state index in [2.05, 4.69) is 31.9 Å². The molecule has 0 aliphatic heterocycles. The van der Waals surface area contributed by atoms with Crippen LogP contribution in [0, 0.1) is 0 Å². The van der Waals surface area contributed by atoms with Crippen molar-refractivity contribution >= 4 is 43.8 Å². The molecule has 37 heavy (non-hydrogen) atoms. The van der Waals surface area contributed by atoms with Crippen molar-refractivity contribution in [3.05, 3.63) is 128 Å². The van der Waals surface area contributed by atoms with Gasteiger partial charge in [0.1, 0.15) is 24.7 Å².